The van der Waals surface area contributed by atoms with Crippen molar-refractivity contribution in [2.24, 2.45) is 0 Å². The third-order valence-electron chi connectivity index (χ3n) is 2.57. The lowest BCUT2D eigenvalue weighted by molar-refractivity contribution is -0.891. The molecule has 2 heterocycles. The first-order valence-corrected chi connectivity index (χ1v) is 7.16. The highest BCUT2D eigenvalue weighted by Gasteiger charge is 2.31. The number of aromatic nitrogens is 1. The zero-order valence-electron chi connectivity index (χ0n) is 11.1. The maximum atomic E-state index is 8.63. The van der Waals surface area contributed by atoms with Crippen LogP contribution in [0, 0.1) is 0 Å². The molecule has 0 saturated carbocycles. The fourth-order valence-corrected chi connectivity index (χ4v) is 1.77. The molecule has 0 aromatic carbocycles. The Morgan fingerprint density at radius 2 is 2.00 bits per heavy atom. The third-order valence-corrected chi connectivity index (χ3v) is 2.57. The minimum Gasteiger partial charge on any atom is -0.726 e. The van der Waals surface area contributed by atoms with Crippen molar-refractivity contribution in [2.75, 3.05) is 20.3 Å². The predicted molar refractivity (Wildman–Crippen MR) is 65.6 cm³/mol. The van der Waals surface area contributed by atoms with Gasteiger partial charge >= 0.3 is 0 Å². The molecule has 114 valence electrons. The van der Waals surface area contributed by atoms with Gasteiger partial charge in [0.1, 0.15) is 7.11 Å². The lowest BCUT2D eigenvalue weighted by Crippen LogP contribution is -2.46. The Hall–Kier alpha value is -1.26. The molecule has 1 aliphatic rings. The monoisotopic (exact) mass is 307 g/mol. The van der Waals surface area contributed by atoms with Crippen LogP contribution in [0.2, 0.25) is 0 Å². The molecule has 0 bridgehead atoms. The maximum Gasteiger partial charge on any atom is 0.242 e. The van der Waals surface area contributed by atoms with E-state index in [9.17, 15) is 0 Å². The van der Waals surface area contributed by atoms with Crippen LogP contribution in [-0.4, -0.2) is 44.1 Å². The first-order valence-electron chi connectivity index (χ1n) is 5.79. The Morgan fingerprint density at radius 3 is 2.50 bits per heavy atom. The van der Waals surface area contributed by atoms with Gasteiger partial charge in [0.15, 0.2) is 6.29 Å². The summed E-state index contributed by atoms with van der Waals surface area (Å²) in [4.78, 5) is 5.23. The SMILES string of the molecule is CO[n+]1ccccc1C(C)C1OCCO1.O=S(=O)([O-])O. The van der Waals surface area contributed by atoms with E-state index in [4.69, 9.17) is 31.8 Å². The molecule has 1 saturated heterocycles. The molecular weight excluding hydrogens is 290 g/mol. The summed E-state index contributed by atoms with van der Waals surface area (Å²) in [5.74, 6) is 0.161. The second-order valence-corrected chi connectivity index (χ2v) is 4.82. The lowest BCUT2D eigenvalue weighted by Gasteiger charge is -2.14. The molecule has 1 aromatic heterocycles. The van der Waals surface area contributed by atoms with Gasteiger partial charge in [0, 0.05) is 16.9 Å². The van der Waals surface area contributed by atoms with E-state index in [1.54, 1.807) is 11.8 Å². The van der Waals surface area contributed by atoms with Gasteiger partial charge in [-0.1, -0.05) is 0 Å². The van der Waals surface area contributed by atoms with Crippen LogP contribution in [-0.2, 0) is 19.9 Å². The highest BCUT2D eigenvalue weighted by Crippen LogP contribution is 2.22. The summed E-state index contributed by atoms with van der Waals surface area (Å²) in [6, 6.07) is 5.92. The van der Waals surface area contributed by atoms with E-state index in [0.29, 0.717) is 13.2 Å². The van der Waals surface area contributed by atoms with Gasteiger partial charge in [0.05, 0.1) is 19.1 Å². The lowest BCUT2D eigenvalue weighted by atomic mass is 10.1. The fourth-order valence-electron chi connectivity index (χ4n) is 1.77. The quantitative estimate of drug-likeness (QED) is 0.456. The number of ether oxygens (including phenoxy) is 2. The smallest absolute Gasteiger partial charge is 0.242 e. The van der Waals surface area contributed by atoms with Crippen LogP contribution in [0.4, 0.5) is 0 Å². The van der Waals surface area contributed by atoms with Crippen molar-refractivity contribution in [3.8, 4) is 0 Å². The van der Waals surface area contributed by atoms with E-state index < -0.39 is 10.4 Å². The van der Waals surface area contributed by atoms with Crippen molar-refractivity contribution >= 4 is 10.4 Å². The molecule has 0 amide bonds. The molecule has 1 fully saturated rings. The first-order chi connectivity index (χ1) is 9.33. The van der Waals surface area contributed by atoms with Crippen LogP contribution in [0.25, 0.3) is 0 Å². The molecule has 20 heavy (non-hydrogen) atoms. The van der Waals surface area contributed by atoms with E-state index in [-0.39, 0.29) is 12.2 Å². The highest BCUT2D eigenvalue weighted by molar-refractivity contribution is 7.79. The topological polar surface area (TPSA) is 109 Å². The number of rotatable bonds is 3. The normalized spacial score (nSPS) is 17.2. The second kappa shape index (κ2) is 7.50. The zero-order valence-corrected chi connectivity index (χ0v) is 11.9. The standard InChI is InChI=1S/C11H16NO3.H2O4S/c1-9(11-14-7-8-15-11)10-5-3-4-6-12(10)13-2;1-5(2,3)4/h3-6,9,11H,7-8H2,1-2H3;(H2,1,2,3,4)/q+1;/p-1. The van der Waals surface area contributed by atoms with Gasteiger partial charge < -0.3 is 14.0 Å². The van der Waals surface area contributed by atoms with Crippen LogP contribution in [0.1, 0.15) is 18.5 Å². The largest absolute Gasteiger partial charge is 0.726 e. The van der Waals surface area contributed by atoms with E-state index in [2.05, 4.69) is 6.92 Å². The van der Waals surface area contributed by atoms with Gasteiger partial charge in [-0.2, -0.15) is 0 Å². The predicted octanol–water partition coefficient (Wildman–Crippen LogP) is -0.486. The third kappa shape index (κ3) is 5.80. The van der Waals surface area contributed by atoms with Gasteiger partial charge in [-0.25, -0.2) is 8.42 Å². The Bertz CT molecular complexity index is 505. The molecule has 0 radical (unpaired) electrons. The minimum absolute atomic E-state index is 0.159. The van der Waals surface area contributed by atoms with Gasteiger partial charge in [-0.3, -0.25) is 9.39 Å². The zero-order chi connectivity index (χ0) is 15.2. The van der Waals surface area contributed by atoms with Gasteiger partial charge in [-0.05, 0) is 13.0 Å². The molecule has 1 unspecified atom stereocenters. The maximum absolute atomic E-state index is 8.63. The second-order valence-electron chi connectivity index (χ2n) is 3.96. The Kier molecular flexibility index (Phi) is 6.30. The summed E-state index contributed by atoms with van der Waals surface area (Å²) >= 11 is 0. The van der Waals surface area contributed by atoms with Crippen molar-refractivity contribution < 1.29 is 36.6 Å². The molecule has 1 aromatic rings. The van der Waals surface area contributed by atoms with Gasteiger partial charge in [0.2, 0.25) is 22.3 Å². The van der Waals surface area contributed by atoms with Crippen LogP contribution >= 0.6 is 0 Å². The fraction of sp³-hybridized carbons (Fsp3) is 0.545. The number of hydrogen-bond acceptors (Lipinski definition) is 6. The average molecular weight is 307 g/mol. The molecule has 1 atom stereocenters. The van der Waals surface area contributed by atoms with Crippen LogP contribution < -0.4 is 9.57 Å². The van der Waals surface area contributed by atoms with Gasteiger partial charge in [0.25, 0.3) is 0 Å². The van der Waals surface area contributed by atoms with Crippen LogP contribution in [0.5, 0.6) is 0 Å². The van der Waals surface area contributed by atoms with E-state index >= 15 is 0 Å². The van der Waals surface area contributed by atoms with Gasteiger partial charge in [-0.15, -0.1) is 0 Å². The number of hydrogen-bond donors (Lipinski definition) is 1. The molecule has 1 N–H and O–H groups in total. The first kappa shape index (κ1) is 16.8. The van der Waals surface area contributed by atoms with Crippen molar-refractivity contribution in [3.05, 3.63) is 30.1 Å². The molecule has 1 aliphatic heterocycles. The summed E-state index contributed by atoms with van der Waals surface area (Å²) < 4.78 is 45.5. The van der Waals surface area contributed by atoms with Crippen molar-refractivity contribution in [1.29, 1.82) is 0 Å². The van der Waals surface area contributed by atoms with Crippen molar-refractivity contribution in [1.82, 2.24) is 0 Å². The Morgan fingerprint density at radius 1 is 1.45 bits per heavy atom. The molecule has 0 aliphatic carbocycles. The molecule has 2 rings (SSSR count). The molecule has 8 nitrogen and oxygen atoms in total. The minimum atomic E-state index is -4.92. The van der Waals surface area contributed by atoms with E-state index in [1.165, 1.54) is 0 Å². The highest BCUT2D eigenvalue weighted by atomic mass is 32.3. The number of pyridine rings is 1. The molecule has 9 heteroatoms. The Balaban J connectivity index is 0.000000347. The molecule has 0 spiro atoms. The molecular formula is C11H17NO7S. The van der Waals surface area contributed by atoms with E-state index in [1.807, 2.05) is 24.4 Å². The van der Waals surface area contributed by atoms with E-state index in [0.717, 1.165) is 5.69 Å². The van der Waals surface area contributed by atoms with Crippen LogP contribution in [0.3, 0.4) is 0 Å². The summed E-state index contributed by atoms with van der Waals surface area (Å²) in [6.07, 6.45) is 1.72. The summed E-state index contributed by atoms with van der Waals surface area (Å²) in [6.45, 7) is 3.42. The summed E-state index contributed by atoms with van der Waals surface area (Å²) in [7, 11) is -3.27. The number of nitrogens with zero attached hydrogens (tertiary/aromatic N) is 1. The summed E-state index contributed by atoms with van der Waals surface area (Å²) in [5, 5.41) is 0. The van der Waals surface area contributed by atoms with Crippen LogP contribution in [0.15, 0.2) is 24.4 Å². The Labute approximate surface area is 117 Å². The van der Waals surface area contributed by atoms with Crippen molar-refractivity contribution in [2.45, 2.75) is 19.1 Å². The van der Waals surface area contributed by atoms with Crippen molar-refractivity contribution in [3.63, 3.8) is 0 Å². The average Bonchev–Trinajstić information content (AvgIpc) is 2.89. The summed E-state index contributed by atoms with van der Waals surface area (Å²) in [5.41, 5.74) is 1.05.